The minimum Gasteiger partial charge on any atom is -0.386 e. The number of hydrogen-bond donors (Lipinski definition) is 1. The number of hydrogen-bond acceptors (Lipinski definition) is 3. The molecule has 1 aliphatic rings. The van der Waals surface area contributed by atoms with Crippen LogP contribution in [0.1, 0.15) is 0 Å². The van der Waals surface area contributed by atoms with E-state index in [4.69, 9.17) is 4.74 Å². The molecule has 1 saturated heterocycles. The average molecular weight is 134 g/mol. The van der Waals surface area contributed by atoms with E-state index >= 15 is 0 Å². The molecule has 0 atom stereocenters. The van der Waals surface area contributed by atoms with Crippen LogP contribution in [0.2, 0.25) is 0 Å². The molecular formula is C5H10O2S. The van der Waals surface area contributed by atoms with Gasteiger partial charge in [0.05, 0.1) is 6.61 Å². The van der Waals surface area contributed by atoms with Gasteiger partial charge < -0.3 is 9.84 Å². The van der Waals surface area contributed by atoms with E-state index < -0.39 is 5.60 Å². The van der Waals surface area contributed by atoms with Gasteiger partial charge in [-0.15, -0.1) is 0 Å². The highest BCUT2D eigenvalue weighted by Gasteiger charge is 2.34. The lowest BCUT2D eigenvalue weighted by Crippen LogP contribution is -2.47. The standard InChI is InChI=1S/C5H10O2S/c1-7-2-5(6)3-8-4-5/h6H,2-4H2,1H3. The Morgan fingerprint density at radius 2 is 2.38 bits per heavy atom. The Hall–Kier alpha value is 0.270. The maximum Gasteiger partial charge on any atom is 0.106 e. The Kier molecular flexibility index (Phi) is 1.80. The molecule has 2 nitrogen and oxygen atoms in total. The Bertz CT molecular complexity index is 80.5. The summed E-state index contributed by atoms with van der Waals surface area (Å²) < 4.78 is 4.79. The molecule has 1 heterocycles. The molecule has 0 aromatic heterocycles. The van der Waals surface area contributed by atoms with Crippen LogP contribution in [0.15, 0.2) is 0 Å². The molecule has 0 radical (unpaired) electrons. The van der Waals surface area contributed by atoms with Crippen LogP contribution < -0.4 is 0 Å². The molecule has 0 bridgehead atoms. The van der Waals surface area contributed by atoms with Gasteiger partial charge >= 0.3 is 0 Å². The molecule has 1 fully saturated rings. The average Bonchev–Trinajstić information content (AvgIpc) is 1.64. The lowest BCUT2D eigenvalue weighted by atomic mass is 10.1. The molecule has 8 heavy (non-hydrogen) atoms. The quantitative estimate of drug-likeness (QED) is 0.581. The normalized spacial score (nSPS) is 24.8. The fraction of sp³-hybridized carbons (Fsp3) is 1.00. The van der Waals surface area contributed by atoms with E-state index in [9.17, 15) is 5.11 Å². The molecule has 48 valence electrons. The summed E-state index contributed by atoms with van der Waals surface area (Å²) in [5.41, 5.74) is -0.487. The number of rotatable bonds is 2. The second-order valence-electron chi connectivity index (χ2n) is 2.15. The summed E-state index contributed by atoms with van der Waals surface area (Å²) >= 11 is 1.75. The zero-order valence-electron chi connectivity index (χ0n) is 4.89. The van der Waals surface area contributed by atoms with Crippen LogP contribution >= 0.6 is 11.8 Å². The topological polar surface area (TPSA) is 29.5 Å². The van der Waals surface area contributed by atoms with Crippen molar-refractivity contribution in [2.45, 2.75) is 5.60 Å². The molecule has 0 spiro atoms. The van der Waals surface area contributed by atoms with Gasteiger partial charge in [-0.25, -0.2) is 0 Å². The zero-order chi connectivity index (χ0) is 6.04. The third-order valence-electron chi connectivity index (χ3n) is 1.15. The maximum atomic E-state index is 9.26. The van der Waals surface area contributed by atoms with E-state index in [-0.39, 0.29) is 0 Å². The van der Waals surface area contributed by atoms with E-state index in [0.29, 0.717) is 6.61 Å². The highest BCUT2D eigenvalue weighted by Crippen LogP contribution is 2.28. The first-order chi connectivity index (χ1) is 3.77. The fourth-order valence-electron chi connectivity index (χ4n) is 0.690. The van der Waals surface area contributed by atoms with Crippen molar-refractivity contribution in [3.8, 4) is 0 Å². The smallest absolute Gasteiger partial charge is 0.106 e. The highest BCUT2D eigenvalue weighted by molar-refractivity contribution is 8.00. The van der Waals surface area contributed by atoms with Gasteiger partial charge in [0.2, 0.25) is 0 Å². The first-order valence-corrected chi connectivity index (χ1v) is 3.71. The summed E-state index contributed by atoms with van der Waals surface area (Å²) in [6.07, 6.45) is 0. The maximum absolute atomic E-state index is 9.26. The van der Waals surface area contributed by atoms with Crippen LogP contribution in [-0.2, 0) is 4.74 Å². The van der Waals surface area contributed by atoms with E-state index in [1.807, 2.05) is 0 Å². The fourth-order valence-corrected chi connectivity index (χ4v) is 1.53. The summed E-state index contributed by atoms with van der Waals surface area (Å²) in [5.74, 6) is 1.67. The summed E-state index contributed by atoms with van der Waals surface area (Å²) in [7, 11) is 1.61. The SMILES string of the molecule is COCC1(O)CSC1. The van der Waals surface area contributed by atoms with E-state index in [2.05, 4.69) is 0 Å². The molecular weight excluding hydrogens is 124 g/mol. The van der Waals surface area contributed by atoms with E-state index in [1.165, 1.54) is 0 Å². The van der Waals surface area contributed by atoms with Crippen molar-refractivity contribution >= 4 is 11.8 Å². The summed E-state index contributed by atoms with van der Waals surface area (Å²) in [6, 6.07) is 0. The summed E-state index contributed by atoms with van der Waals surface area (Å²) in [6.45, 7) is 0.486. The van der Waals surface area contributed by atoms with E-state index in [0.717, 1.165) is 11.5 Å². The third kappa shape index (κ3) is 1.16. The lowest BCUT2D eigenvalue weighted by molar-refractivity contribution is -0.00294. The van der Waals surface area contributed by atoms with Gasteiger partial charge in [-0.3, -0.25) is 0 Å². The predicted octanol–water partition coefficient (Wildman–Crippen LogP) is 0.111. The number of thioether (sulfide) groups is 1. The van der Waals surface area contributed by atoms with Gasteiger partial charge in [0.1, 0.15) is 5.60 Å². The highest BCUT2D eigenvalue weighted by atomic mass is 32.2. The third-order valence-corrected chi connectivity index (χ3v) is 2.64. The molecule has 0 saturated carbocycles. The number of aliphatic hydroxyl groups is 1. The molecule has 1 rings (SSSR count). The lowest BCUT2D eigenvalue weighted by Gasteiger charge is -2.34. The van der Waals surface area contributed by atoms with Crippen molar-refractivity contribution in [3.05, 3.63) is 0 Å². The second-order valence-corrected chi connectivity index (χ2v) is 3.14. The van der Waals surface area contributed by atoms with Crippen molar-refractivity contribution in [1.82, 2.24) is 0 Å². The van der Waals surface area contributed by atoms with Crippen molar-refractivity contribution < 1.29 is 9.84 Å². The van der Waals surface area contributed by atoms with Gasteiger partial charge in [-0.1, -0.05) is 0 Å². The largest absolute Gasteiger partial charge is 0.386 e. The summed E-state index contributed by atoms with van der Waals surface area (Å²) in [4.78, 5) is 0. The molecule has 0 aromatic carbocycles. The molecule has 1 N–H and O–H groups in total. The van der Waals surface area contributed by atoms with Crippen LogP contribution in [0.25, 0.3) is 0 Å². The van der Waals surface area contributed by atoms with Crippen LogP contribution in [0.3, 0.4) is 0 Å². The second kappa shape index (κ2) is 2.25. The van der Waals surface area contributed by atoms with E-state index in [1.54, 1.807) is 18.9 Å². The van der Waals surface area contributed by atoms with Crippen LogP contribution in [0.4, 0.5) is 0 Å². The molecule has 0 unspecified atom stereocenters. The molecule has 3 heteroatoms. The van der Waals surface area contributed by atoms with Crippen molar-refractivity contribution in [3.63, 3.8) is 0 Å². The van der Waals surface area contributed by atoms with Gasteiger partial charge in [0, 0.05) is 18.6 Å². The van der Waals surface area contributed by atoms with Gasteiger partial charge in [-0.05, 0) is 0 Å². The monoisotopic (exact) mass is 134 g/mol. The van der Waals surface area contributed by atoms with Crippen LogP contribution in [0, 0.1) is 0 Å². The Morgan fingerprint density at radius 3 is 2.50 bits per heavy atom. The van der Waals surface area contributed by atoms with Gasteiger partial charge in [0.15, 0.2) is 0 Å². The summed E-state index contributed by atoms with van der Waals surface area (Å²) in [5, 5.41) is 9.26. The minimum absolute atomic E-state index is 0.486. The number of methoxy groups -OCH3 is 1. The first kappa shape index (κ1) is 6.39. The molecule has 0 aliphatic carbocycles. The van der Waals surface area contributed by atoms with Crippen molar-refractivity contribution in [2.75, 3.05) is 25.2 Å². The van der Waals surface area contributed by atoms with Crippen LogP contribution in [0.5, 0.6) is 0 Å². The predicted molar refractivity (Wildman–Crippen MR) is 34.2 cm³/mol. The first-order valence-electron chi connectivity index (χ1n) is 2.56. The van der Waals surface area contributed by atoms with Gasteiger partial charge in [-0.2, -0.15) is 11.8 Å². The molecule has 1 aliphatic heterocycles. The Morgan fingerprint density at radius 1 is 1.75 bits per heavy atom. The number of ether oxygens (including phenoxy) is 1. The molecule has 0 amide bonds. The van der Waals surface area contributed by atoms with Crippen molar-refractivity contribution in [2.24, 2.45) is 0 Å². The zero-order valence-corrected chi connectivity index (χ0v) is 5.70. The Labute approximate surface area is 53.2 Å². The van der Waals surface area contributed by atoms with Crippen LogP contribution in [-0.4, -0.2) is 35.9 Å². The molecule has 0 aromatic rings. The minimum atomic E-state index is -0.487. The van der Waals surface area contributed by atoms with Crippen molar-refractivity contribution in [1.29, 1.82) is 0 Å². The Balaban J connectivity index is 2.20. The van der Waals surface area contributed by atoms with Gasteiger partial charge in [0.25, 0.3) is 0 Å².